The molecule has 0 bridgehead atoms. The van der Waals surface area contributed by atoms with Crippen molar-refractivity contribution in [2.45, 2.75) is 51.6 Å². The Morgan fingerprint density at radius 3 is 2.57 bits per heavy atom. The van der Waals surface area contributed by atoms with Gasteiger partial charge in [-0.3, -0.25) is 0 Å². The van der Waals surface area contributed by atoms with Crippen molar-refractivity contribution in [3.05, 3.63) is 52.5 Å². The maximum atomic E-state index is 12.4. The number of thiazole rings is 1. The van der Waals surface area contributed by atoms with E-state index in [0.717, 1.165) is 17.8 Å². The third kappa shape index (κ3) is 5.47. The molecule has 1 atom stereocenters. The van der Waals surface area contributed by atoms with Crippen molar-refractivity contribution in [3.63, 3.8) is 0 Å². The predicted octanol–water partition coefficient (Wildman–Crippen LogP) is 4.83. The number of esters is 1. The van der Waals surface area contributed by atoms with Crippen molar-refractivity contribution in [1.29, 1.82) is 0 Å². The zero-order valence-corrected chi connectivity index (χ0v) is 14.8. The molecule has 2 rings (SSSR count). The fourth-order valence-corrected chi connectivity index (χ4v) is 3.52. The van der Waals surface area contributed by atoms with Crippen LogP contribution in [0.1, 0.15) is 66.9 Å². The molecule has 1 aromatic heterocycles. The number of benzene rings is 1. The normalized spacial score (nSPS) is 12.1. The highest BCUT2D eigenvalue weighted by Crippen LogP contribution is 2.26. The summed E-state index contributed by atoms with van der Waals surface area (Å²) < 4.78 is 7.87. The lowest BCUT2D eigenvalue weighted by molar-refractivity contribution is -0.677. The highest BCUT2D eigenvalue weighted by atomic mass is 32.1. The number of aromatic nitrogens is 1. The third-order valence-electron chi connectivity index (χ3n) is 3.92. The standard InChI is InChI=1S/C19H26NO2S/c1-3-4-5-6-10-13-17(18-20(2)14-15-23-18)22-19(21)16-11-8-7-9-12-16/h7-9,11-12,14-15,17H,3-6,10,13H2,1-2H3/q+1/t17-/m0/s1. The molecule has 0 aliphatic rings. The van der Waals surface area contributed by atoms with Gasteiger partial charge in [-0.15, -0.1) is 0 Å². The molecule has 0 amide bonds. The summed E-state index contributed by atoms with van der Waals surface area (Å²) in [6.07, 6.45) is 8.80. The van der Waals surface area contributed by atoms with Gasteiger partial charge in [0.05, 0.1) is 10.9 Å². The van der Waals surface area contributed by atoms with Crippen molar-refractivity contribution in [1.82, 2.24) is 0 Å². The second-order valence-corrected chi connectivity index (χ2v) is 6.74. The van der Waals surface area contributed by atoms with Crippen LogP contribution in [-0.2, 0) is 11.8 Å². The van der Waals surface area contributed by atoms with E-state index in [-0.39, 0.29) is 12.1 Å². The smallest absolute Gasteiger partial charge is 0.338 e. The van der Waals surface area contributed by atoms with Crippen LogP contribution in [-0.4, -0.2) is 5.97 Å². The van der Waals surface area contributed by atoms with Crippen LogP contribution in [0.5, 0.6) is 0 Å². The van der Waals surface area contributed by atoms with E-state index in [9.17, 15) is 4.79 Å². The maximum absolute atomic E-state index is 12.4. The number of rotatable bonds is 9. The molecule has 0 N–H and O–H groups in total. The van der Waals surface area contributed by atoms with Crippen molar-refractivity contribution in [2.75, 3.05) is 0 Å². The molecule has 0 fully saturated rings. The van der Waals surface area contributed by atoms with E-state index in [1.165, 1.54) is 25.7 Å². The fourth-order valence-electron chi connectivity index (χ4n) is 2.59. The topological polar surface area (TPSA) is 30.2 Å². The van der Waals surface area contributed by atoms with E-state index in [4.69, 9.17) is 4.74 Å². The zero-order chi connectivity index (χ0) is 16.5. The molecule has 23 heavy (non-hydrogen) atoms. The first-order valence-corrected chi connectivity index (χ1v) is 9.29. The second-order valence-electron chi connectivity index (χ2n) is 5.82. The number of carbonyl (C=O) groups is 1. The Morgan fingerprint density at radius 2 is 1.91 bits per heavy atom. The van der Waals surface area contributed by atoms with Gasteiger partial charge in [-0.1, -0.05) is 62.1 Å². The molecular formula is C19H26NO2S+. The Morgan fingerprint density at radius 1 is 1.17 bits per heavy atom. The molecule has 0 spiro atoms. The lowest BCUT2D eigenvalue weighted by Gasteiger charge is -2.14. The van der Waals surface area contributed by atoms with Crippen LogP contribution in [0.15, 0.2) is 41.9 Å². The molecule has 124 valence electrons. The van der Waals surface area contributed by atoms with Gasteiger partial charge in [-0.05, 0) is 25.0 Å². The van der Waals surface area contributed by atoms with Gasteiger partial charge < -0.3 is 4.74 Å². The van der Waals surface area contributed by atoms with Crippen molar-refractivity contribution < 1.29 is 14.1 Å². The molecular weight excluding hydrogens is 306 g/mol. The van der Waals surface area contributed by atoms with Crippen LogP contribution in [0.3, 0.4) is 0 Å². The summed E-state index contributed by atoms with van der Waals surface area (Å²) in [5, 5.41) is 3.14. The number of ether oxygens (including phenoxy) is 1. The number of unbranched alkanes of at least 4 members (excludes halogenated alkanes) is 4. The Labute approximate surface area is 142 Å². The SMILES string of the molecule is CCCCCCC[C@H](OC(=O)c1ccccc1)c1scc[n+]1C. The lowest BCUT2D eigenvalue weighted by Crippen LogP contribution is -2.32. The van der Waals surface area contributed by atoms with Crippen LogP contribution in [0.25, 0.3) is 0 Å². The molecule has 0 saturated heterocycles. The van der Waals surface area contributed by atoms with Gasteiger partial charge in [0.1, 0.15) is 7.05 Å². The first-order chi connectivity index (χ1) is 11.2. The molecule has 3 nitrogen and oxygen atoms in total. The summed E-state index contributed by atoms with van der Waals surface area (Å²) in [5.74, 6) is -0.238. The lowest BCUT2D eigenvalue weighted by atomic mass is 10.1. The van der Waals surface area contributed by atoms with E-state index < -0.39 is 0 Å². The van der Waals surface area contributed by atoms with E-state index >= 15 is 0 Å². The minimum atomic E-state index is -0.238. The number of hydrogen-bond acceptors (Lipinski definition) is 3. The molecule has 2 aromatic rings. The van der Waals surface area contributed by atoms with E-state index in [2.05, 4.69) is 11.5 Å². The molecule has 1 heterocycles. The maximum Gasteiger partial charge on any atom is 0.338 e. The monoisotopic (exact) mass is 332 g/mol. The first kappa shape index (κ1) is 17.7. The van der Waals surface area contributed by atoms with Crippen LogP contribution < -0.4 is 4.57 Å². The Bertz CT molecular complexity index is 594. The highest BCUT2D eigenvalue weighted by Gasteiger charge is 2.26. The van der Waals surface area contributed by atoms with Crippen molar-refractivity contribution >= 4 is 17.3 Å². The summed E-state index contributed by atoms with van der Waals surface area (Å²) in [5.41, 5.74) is 0.614. The molecule has 0 unspecified atom stereocenters. The fraction of sp³-hybridized carbons (Fsp3) is 0.474. The molecule has 4 heteroatoms. The average molecular weight is 332 g/mol. The van der Waals surface area contributed by atoms with Gasteiger partial charge >= 0.3 is 5.97 Å². The van der Waals surface area contributed by atoms with Gasteiger partial charge in [-0.2, -0.15) is 4.57 Å². The number of carbonyl (C=O) groups excluding carboxylic acids is 1. The molecule has 0 saturated carbocycles. The summed E-state index contributed by atoms with van der Waals surface area (Å²) in [7, 11) is 2.01. The van der Waals surface area contributed by atoms with Gasteiger partial charge in [0, 0.05) is 0 Å². The van der Waals surface area contributed by atoms with Gasteiger partial charge in [-0.25, -0.2) is 4.79 Å². The summed E-state index contributed by atoms with van der Waals surface area (Å²) >= 11 is 1.65. The van der Waals surface area contributed by atoms with Gasteiger partial charge in [0.25, 0.3) is 5.01 Å². The Kier molecular flexibility index (Phi) is 7.27. The van der Waals surface area contributed by atoms with E-state index in [0.29, 0.717) is 5.56 Å². The van der Waals surface area contributed by atoms with Crippen LogP contribution in [0.2, 0.25) is 0 Å². The second kappa shape index (κ2) is 9.46. The van der Waals surface area contributed by atoms with E-state index in [1.807, 2.05) is 36.8 Å². The van der Waals surface area contributed by atoms with Crippen LogP contribution >= 0.6 is 11.3 Å². The van der Waals surface area contributed by atoms with Crippen LogP contribution in [0, 0.1) is 0 Å². The number of aryl methyl sites for hydroxylation is 1. The van der Waals surface area contributed by atoms with E-state index in [1.54, 1.807) is 23.5 Å². The van der Waals surface area contributed by atoms with Crippen LogP contribution in [0.4, 0.5) is 0 Å². The summed E-state index contributed by atoms with van der Waals surface area (Å²) in [6, 6.07) is 9.23. The van der Waals surface area contributed by atoms with Crippen molar-refractivity contribution in [2.24, 2.45) is 7.05 Å². The Hall–Kier alpha value is -1.68. The molecule has 0 radical (unpaired) electrons. The molecule has 0 aliphatic carbocycles. The molecule has 1 aromatic carbocycles. The summed E-state index contributed by atoms with van der Waals surface area (Å²) in [6.45, 7) is 2.22. The predicted molar refractivity (Wildman–Crippen MR) is 93.5 cm³/mol. The average Bonchev–Trinajstić information content (AvgIpc) is 3.00. The molecule has 0 aliphatic heterocycles. The minimum absolute atomic E-state index is 0.158. The first-order valence-electron chi connectivity index (χ1n) is 8.41. The quantitative estimate of drug-likeness (QED) is 0.374. The minimum Gasteiger partial charge on any atom is -0.446 e. The number of hydrogen-bond donors (Lipinski definition) is 0. The van der Waals surface area contributed by atoms with Gasteiger partial charge in [0.15, 0.2) is 12.3 Å². The zero-order valence-electron chi connectivity index (χ0n) is 14.0. The Balaban J connectivity index is 1.99. The largest absolute Gasteiger partial charge is 0.446 e. The third-order valence-corrected chi connectivity index (χ3v) is 4.98. The number of nitrogens with zero attached hydrogens (tertiary/aromatic N) is 1. The van der Waals surface area contributed by atoms with Crippen molar-refractivity contribution in [3.8, 4) is 0 Å². The van der Waals surface area contributed by atoms with Gasteiger partial charge in [0.2, 0.25) is 0 Å². The summed E-state index contributed by atoms with van der Waals surface area (Å²) in [4.78, 5) is 12.4. The highest BCUT2D eigenvalue weighted by molar-refractivity contribution is 7.09.